The fourth-order valence-electron chi connectivity index (χ4n) is 2.30. The fraction of sp³-hybridized carbons (Fsp3) is 0.158. The van der Waals surface area contributed by atoms with E-state index < -0.39 is 0 Å². The van der Waals surface area contributed by atoms with Gasteiger partial charge in [0.2, 0.25) is 0 Å². The number of nitrogens with zero attached hydrogens (tertiary/aromatic N) is 2. The van der Waals surface area contributed by atoms with E-state index in [1.807, 2.05) is 47.7 Å². The third-order valence-electron chi connectivity index (χ3n) is 3.62. The quantitative estimate of drug-likeness (QED) is 0.629. The van der Waals surface area contributed by atoms with E-state index in [1.165, 1.54) is 0 Å². The molecule has 0 saturated heterocycles. The number of hydrogen-bond acceptors (Lipinski definition) is 5. The van der Waals surface area contributed by atoms with Gasteiger partial charge in [0, 0.05) is 23.7 Å². The summed E-state index contributed by atoms with van der Waals surface area (Å²) in [6.07, 6.45) is 0. The van der Waals surface area contributed by atoms with Gasteiger partial charge in [-0.05, 0) is 31.2 Å². The van der Waals surface area contributed by atoms with Gasteiger partial charge in [-0.2, -0.15) is 0 Å². The van der Waals surface area contributed by atoms with Gasteiger partial charge >= 0.3 is 5.97 Å². The highest BCUT2D eigenvalue weighted by molar-refractivity contribution is 7.13. The van der Waals surface area contributed by atoms with Crippen LogP contribution in [0.2, 0.25) is 0 Å². The van der Waals surface area contributed by atoms with Gasteiger partial charge in [0.05, 0.1) is 12.2 Å². The molecule has 5 heteroatoms. The summed E-state index contributed by atoms with van der Waals surface area (Å²) in [4.78, 5) is 18.4. The largest absolute Gasteiger partial charge is 0.462 e. The summed E-state index contributed by atoms with van der Waals surface area (Å²) in [6.45, 7) is 2.17. The molecule has 4 nitrogen and oxygen atoms in total. The first-order chi connectivity index (χ1) is 11.7. The van der Waals surface area contributed by atoms with Crippen LogP contribution in [0.1, 0.15) is 17.3 Å². The third-order valence-corrected chi connectivity index (χ3v) is 4.50. The van der Waals surface area contributed by atoms with Crippen molar-refractivity contribution in [3.05, 3.63) is 65.5 Å². The van der Waals surface area contributed by atoms with Crippen molar-refractivity contribution in [1.82, 2.24) is 4.98 Å². The lowest BCUT2D eigenvalue weighted by molar-refractivity contribution is 0.0526. The number of esters is 1. The second-order valence-electron chi connectivity index (χ2n) is 5.20. The summed E-state index contributed by atoms with van der Waals surface area (Å²) in [7, 11) is 1.96. The highest BCUT2D eigenvalue weighted by Gasteiger charge is 2.11. The molecule has 0 bridgehead atoms. The van der Waals surface area contributed by atoms with E-state index in [-0.39, 0.29) is 5.97 Å². The predicted molar refractivity (Wildman–Crippen MR) is 98.0 cm³/mol. The summed E-state index contributed by atoms with van der Waals surface area (Å²) in [5.74, 6) is 0.578. The summed E-state index contributed by atoms with van der Waals surface area (Å²) in [5.41, 5.74) is 2.63. The second-order valence-corrected chi connectivity index (χ2v) is 6.06. The smallest absolute Gasteiger partial charge is 0.338 e. The molecule has 24 heavy (non-hydrogen) atoms. The predicted octanol–water partition coefficient (Wildman–Crippen LogP) is 4.75. The van der Waals surface area contributed by atoms with Crippen LogP contribution < -0.4 is 4.90 Å². The number of carbonyl (C=O) groups is 1. The highest BCUT2D eigenvalue weighted by Crippen LogP contribution is 2.30. The van der Waals surface area contributed by atoms with Crippen LogP contribution in [-0.2, 0) is 4.74 Å². The summed E-state index contributed by atoms with van der Waals surface area (Å²) < 4.78 is 5.00. The molecule has 0 amide bonds. The van der Waals surface area contributed by atoms with Crippen molar-refractivity contribution < 1.29 is 9.53 Å². The maximum absolute atomic E-state index is 11.7. The Morgan fingerprint density at radius 2 is 1.83 bits per heavy atom. The van der Waals surface area contributed by atoms with Crippen molar-refractivity contribution in [2.45, 2.75) is 6.92 Å². The average molecular weight is 338 g/mol. The number of hydrogen-bond donors (Lipinski definition) is 0. The van der Waals surface area contributed by atoms with E-state index in [9.17, 15) is 4.79 Å². The van der Waals surface area contributed by atoms with Gasteiger partial charge in [-0.25, -0.2) is 9.78 Å². The molecular weight excluding hydrogens is 320 g/mol. The van der Waals surface area contributed by atoms with Crippen molar-refractivity contribution in [3.63, 3.8) is 0 Å². The van der Waals surface area contributed by atoms with Crippen molar-refractivity contribution in [3.8, 4) is 10.6 Å². The molecule has 3 rings (SSSR count). The van der Waals surface area contributed by atoms with E-state index in [2.05, 4.69) is 12.1 Å². The first-order valence-electron chi connectivity index (χ1n) is 7.71. The van der Waals surface area contributed by atoms with Gasteiger partial charge < -0.3 is 9.64 Å². The van der Waals surface area contributed by atoms with Crippen LogP contribution in [0, 0.1) is 0 Å². The van der Waals surface area contributed by atoms with Gasteiger partial charge in [-0.1, -0.05) is 30.3 Å². The summed E-state index contributed by atoms with van der Waals surface area (Å²) >= 11 is 1.61. The minimum Gasteiger partial charge on any atom is -0.462 e. The molecule has 0 fully saturated rings. The van der Waals surface area contributed by atoms with Gasteiger partial charge in [0.1, 0.15) is 10.8 Å². The van der Waals surface area contributed by atoms with E-state index in [0.29, 0.717) is 12.2 Å². The second kappa shape index (κ2) is 7.27. The zero-order valence-electron chi connectivity index (χ0n) is 13.6. The Hall–Kier alpha value is -2.66. The van der Waals surface area contributed by atoms with Crippen LogP contribution in [0.3, 0.4) is 0 Å². The van der Waals surface area contributed by atoms with Gasteiger partial charge in [0.15, 0.2) is 0 Å². The lowest BCUT2D eigenvalue weighted by Gasteiger charge is -2.16. The SMILES string of the molecule is CCOC(=O)c1ccc(N(C)c2csc(-c3ccccc3)n2)cc1. The number of carbonyl (C=O) groups excluding carboxylic acids is 1. The Labute approximate surface area is 145 Å². The Morgan fingerprint density at radius 3 is 2.50 bits per heavy atom. The van der Waals surface area contributed by atoms with Crippen molar-refractivity contribution in [2.75, 3.05) is 18.6 Å². The lowest BCUT2D eigenvalue weighted by Crippen LogP contribution is -2.10. The molecule has 0 N–H and O–H groups in total. The van der Waals surface area contributed by atoms with E-state index in [4.69, 9.17) is 9.72 Å². The number of anilines is 2. The molecule has 0 unspecified atom stereocenters. The van der Waals surface area contributed by atoms with E-state index in [0.717, 1.165) is 22.1 Å². The Bertz CT molecular complexity index is 813. The van der Waals surface area contributed by atoms with Gasteiger partial charge in [-0.15, -0.1) is 11.3 Å². The van der Waals surface area contributed by atoms with Crippen molar-refractivity contribution in [2.24, 2.45) is 0 Å². The van der Waals surface area contributed by atoms with Gasteiger partial charge in [-0.3, -0.25) is 0 Å². The molecule has 0 radical (unpaired) electrons. The summed E-state index contributed by atoms with van der Waals surface area (Å²) in [6, 6.07) is 17.5. The fourth-order valence-corrected chi connectivity index (χ4v) is 3.15. The first kappa shape index (κ1) is 16.2. The molecule has 2 aromatic carbocycles. The maximum Gasteiger partial charge on any atom is 0.338 e. The zero-order chi connectivity index (χ0) is 16.9. The van der Waals surface area contributed by atoms with E-state index >= 15 is 0 Å². The molecule has 0 aliphatic carbocycles. The standard InChI is InChI=1S/C19H18N2O2S/c1-3-23-19(22)15-9-11-16(12-10-15)21(2)17-13-24-18(20-17)14-7-5-4-6-8-14/h4-13H,3H2,1-2H3. The molecule has 0 saturated carbocycles. The number of aromatic nitrogens is 1. The lowest BCUT2D eigenvalue weighted by atomic mass is 10.2. The molecule has 0 spiro atoms. The molecule has 1 aromatic heterocycles. The molecule has 1 heterocycles. The van der Waals surface area contributed by atoms with Crippen LogP contribution in [0.5, 0.6) is 0 Å². The Kier molecular flexibility index (Phi) is 4.91. The molecule has 122 valence electrons. The number of benzene rings is 2. The monoisotopic (exact) mass is 338 g/mol. The number of thiazole rings is 1. The zero-order valence-corrected chi connectivity index (χ0v) is 14.4. The Balaban J connectivity index is 1.78. The highest BCUT2D eigenvalue weighted by atomic mass is 32.1. The van der Waals surface area contributed by atoms with Crippen molar-refractivity contribution in [1.29, 1.82) is 0 Å². The average Bonchev–Trinajstić information content (AvgIpc) is 3.12. The maximum atomic E-state index is 11.7. The number of rotatable bonds is 5. The third kappa shape index (κ3) is 3.46. The summed E-state index contributed by atoms with van der Waals surface area (Å²) in [5, 5.41) is 3.02. The normalized spacial score (nSPS) is 10.4. The first-order valence-corrected chi connectivity index (χ1v) is 8.59. The van der Waals surface area contributed by atoms with E-state index in [1.54, 1.807) is 30.4 Å². The molecular formula is C19H18N2O2S. The minimum atomic E-state index is -0.299. The number of ether oxygens (including phenoxy) is 1. The van der Waals surface area contributed by atoms with Crippen molar-refractivity contribution >= 4 is 28.8 Å². The molecule has 3 aromatic rings. The van der Waals surface area contributed by atoms with Crippen LogP contribution >= 0.6 is 11.3 Å². The van der Waals surface area contributed by atoms with Crippen LogP contribution in [0.4, 0.5) is 11.5 Å². The van der Waals surface area contributed by atoms with Crippen LogP contribution in [-0.4, -0.2) is 24.6 Å². The molecule has 0 atom stereocenters. The Morgan fingerprint density at radius 1 is 1.12 bits per heavy atom. The topological polar surface area (TPSA) is 42.4 Å². The molecule has 0 aliphatic rings. The molecule has 0 aliphatic heterocycles. The minimum absolute atomic E-state index is 0.299. The van der Waals surface area contributed by atoms with Gasteiger partial charge in [0.25, 0.3) is 0 Å². The van der Waals surface area contributed by atoms with Crippen LogP contribution in [0.15, 0.2) is 60.0 Å². The van der Waals surface area contributed by atoms with Crippen LogP contribution in [0.25, 0.3) is 10.6 Å².